The van der Waals surface area contributed by atoms with Crippen molar-refractivity contribution in [3.8, 4) is 0 Å². The lowest BCUT2D eigenvalue weighted by atomic mass is 9.91. The SMILES string of the molecule is CCCCCCCCCCCCCCCC(=O)OC(CCCCCCCCC)CC(CC)CCCC. The molecule has 0 spiro atoms. The Bertz CT molecular complexity index is 433. The number of carbonyl (C=O) groups excluding carboxylic acids is 1. The first-order valence-electron chi connectivity index (χ1n) is 16.9. The van der Waals surface area contributed by atoms with Gasteiger partial charge in [-0.1, -0.05) is 169 Å². The molecule has 0 N–H and O–H groups in total. The van der Waals surface area contributed by atoms with E-state index in [9.17, 15) is 4.79 Å². The zero-order chi connectivity index (χ0) is 26.5. The maximum Gasteiger partial charge on any atom is 0.306 e. The van der Waals surface area contributed by atoms with Crippen molar-refractivity contribution in [2.45, 2.75) is 207 Å². The quantitative estimate of drug-likeness (QED) is 0.0741. The molecule has 216 valence electrons. The highest BCUT2D eigenvalue weighted by Gasteiger charge is 2.19. The highest BCUT2D eigenvalue weighted by molar-refractivity contribution is 5.69. The number of hydrogen-bond acceptors (Lipinski definition) is 2. The maximum absolute atomic E-state index is 12.6. The predicted octanol–water partition coefficient (Wildman–Crippen LogP) is 12.1. The summed E-state index contributed by atoms with van der Waals surface area (Å²) in [6.45, 7) is 9.15. The molecule has 36 heavy (non-hydrogen) atoms. The van der Waals surface area contributed by atoms with E-state index in [4.69, 9.17) is 4.74 Å². The van der Waals surface area contributed by atoms with Gasteiger partial charge in [0.05, 0.1) is 0 Å². The smallest absolute Gasteiger partial charge is 0.306 e. The number of unbranched alkanes of at least 4 members (excludes halogenated alkanes) is 19. The molecule has 0 aliphatic carbocycles. The molecule has 2 heteroatoms. The Morgan fingerprint density at radius 3 is 1.36 bits per heavy atom. The van der Waals surface area contributed by atoms with E-state index in [1.54, 1.807) is 0 Å². The summed E-state index contributed by atoms with van der Waals surface area (Å²) in [5.41, 5.74) is 0. The van der Waals surface area contributed by atoms with Crippen LogP contribution >= 0.6 is 0 Å². The predicted molar refractivity (Wildman–Crippen MR) is 161 cm³/mol. The van der Waals surface area contributed by atoms with Gasteiger partial charge in [-0.25, -0.2) is 0 Å². The topological polar surface area (TPSA) is 26.3 Å². The lowest BCUT2D eigenvalue weighted by molar-refractivity contribution is -0.150. The number of esters is 1. The van der Waals surface area contributed by atoms with Crippen LogP contribution < -0.4 is 0 Å². The number of ether oxygens (including phenoxy) is 1. The molecule has 0 radical (unpaired) electrons. The molecule has 0 aliphatic rings. The van der Waals surface area contributed by atoms with Crippen molar-refractivity contribution in [2.24, 2.45) is 5.92 Å². The van der Waals surface area contributed by atoms with Gasteiger partial charge in [0.2, 0.25) is 0 Å². The van der Waals surface area contributed by atoms with Crippen LogP contribution in [-0.4, -0.2) is 12.1 Å². The van der Waals surface area contributed by atoms with Crippen molar-refractivity contribution < 1.29 is 9.53 Å². The summed E-state index contributed by atoms with van der Waals surface area (Å²) >= 11 is 0. The van der Waals surface area contributed by atoms with Gasteiger partial charge in [0.25, 0.3) is 0 Å². The molecule has 0 aliphatic heterocycles. The van der Waals surface area contributed by atoms with E-state index in [-0.39, 0.29) is 12.1 Å². The lowest BCUT2D eigenvalue weighted by Crippen LogP contribution is -2.21. The van der Waals surface area contributed by atoms with Crippen LogP contribution in [0.25, 0.3) is 0 Å². The average molecular weight is 509 g/mol. The third-order valence-electron chi connectivity index (χ3n) is 8.05. The Labute approximate surface area is 228 Å². The van der Waals surface area contributed by atoms with Crippen LogP contribution in [0, 0.1) is 5.92 Å². The van der Waals surface area contributed by atoms with Gasteiger partial charge in [-0.15, -0.1) is 0 Å². The zero-order valence-corrected chi connectivity index (χ0v) is 25.6. The lowest BCUT2D eigenvalue weighted by Gasteiger charge is -2.23. The second kappa shape index (κ2) is 29.0. The van der Waals surface area contributed by atoms with Crippen molar-refractivity contribution in [1.82, 2.24) is 0 Å². The second-order valence-electron chi connectivity index (χ2n) is 11.7. The fourth-order valence-electron chi connectivity index (χ4n) is 5.44. The maximum atomic E-state index is 12.6. The molecular weight excluding hydrogens is 440 g/mol. The molecule has 0 aromatic carbocycles. The van der Waals surface area contributed by atoms with Crippen LogP contribution in [0.1, 0.15) is 201 Å². The zero-order valence-electron chi connectivity index (χ0n) is 25.6. The van der Waals surface area contributed by atoms with Gasteiger partial charge in [-0.3, -0.25) is 4.79 Å². The van der Waals surface area contributed by atoms with E-state index in [0.717, 1.165) is 19.3 Å². The Kier molecular flexibility index (Phi) is 28.6. The molecule has 2 atom stereocenters. The van der Waals surface area contributed by atoms with Crippen LogP contribution in [-0.2, 0) is 9.53 Å². The molecule has 0 heterocycles. The summed E-state index contributed by atoms with van der Waals surface area (Å²) in [6, 6.07) is 0. The van der Waals surface area contributed by atoms with Crippen LogP contribution in [0.5, 0.6) is 0 Å². The monoisotopic (exact) mass is 509 g/mol. The molecule has 0 rings (SSSR count). The molecule has 0 saturated heterocycles. The van der Waals surface area contributed by atoms with E-state index in [1.165, 1.54) is 148 Å². The summed E-state index contributed by atoms with van der Waals surface area (Å²) in [6.07, 6.45) is 34.7. The van der Waals surface area contributed by atoms with Crippen LogP contribution in [0.3, 0.4) is 0 Å². The fraction of sp³-hybridized carbons (Fsp3) is 0.971. The molecule has 0 saturated carbocycles. The third-order valence-corrected chi connectivity index (χ3v) is 8.05. The number of hydrogen-bond donors (Lipinski definition) is 0. The highest BCUT2D eigenvalue weighted by Crippen LogP contribution is 2.24. The van der Waals surface area contributed by atoms with Gasteiger partial charge in [0.1, 0.15) is 6.10 Å². The van der Waals surface area contributed by atoms with Gasteiger partial charge >= 0.3 is 5.97 Å². The average Bonchev–Trinajstić information content (AvgIpc) is 2.88. The van der Waals surface area contributed by atoms with Gasteiger partial charge in [0, 0.05) is 6.42 Å². The third kappa shape index (κ3) is 25.1. The molecule has 2 unspecified atom stereocenters. The summed E-state index contributed by atoms with van der Waals surface area (Å²) in [7, 11) is 0. The molecule has 0 aromatic rings. The Hall–Kier alpha value is -0.530. The number of rotatable bonds is 29. The molecule has 0 aromatic heterocycles. The van der Waals surface area contributed by atoms with E-state index < -0.39 is 0 Å². The van der Waals surface area contributed by atoms with Gasteiger partial charge in [-0.05, 0) is 31.6 Å². The van der Waals surface area contributed by atoms with Crippen LogP contribution in [0.4, 0.5) is 0 Å². The van der Waals surface area contributed by atoms with E-state index in [2.05, 4.69) is 27.7 Å². The Morgan fingerprint density at radius 2 is 0.917 bits per heavy atom. The van der Waals surface area contributed by atoms with Crippen molar-refractivity contribution >= 4 is 5.97 Å². The van der Waals surface area contributed by atoms with E-state index in [0.29, 0.717) is 12.3 Å². The summed E-state index contributed by atoms with van der Waals surface area (Å²) in [4.78, 5) is 12.6. The molecule has 0 fully saturated rings. The molecule has 2 nitrogen and oxygen atoms in total. The summed E-state index contributed by atoms with van der Waals surface area (Å²) in [5, 5.41) is 0. The van der Waals surface area contributed by atoms with Crippen LogP contribution in [0.15, 0.2) is 0 Å². The Balaban J connectivity index is 4.01. The second-order valence-corrected chi connectivity index (χ2v) is 11.7. The highest BCUT2D eigenvalue weighted by atomic mass is 16.5. The minimum atomic E-state index is 0.0661. The molecular formula is C34H68O2. The van der Waals surface area contributed by atoms with Gasteiger partial charge in [0.15, 0.2) is 0 Å². The minimum Gasteiger partial charge on any atom is -0.462 e. The first-order valence-corrected chi connectivity index (χ1v) is 16.9. The van der Waals surface area contributed by atoms with E-state index in [1.807, 2.05) is 0 Å². The summed E-state index contributed by atoms with van der Waals surface area (Å²) in [5.74, 6) is 0.778. The van der Waals surface area contributed by atoms with Crippen molar-refractivity contribution in [1.29, 1.82) is 0 Å². The standard InChI is InChI=1S/C34H68O2/c1-5-9-12-14-16-17-18-19-20-21-23-25-27-30-34(35)36-33(31-32(8-4)28-11-7-3)29-26-24-22-15-13-10-6-2/h32-33H,5-31H2,1-4H3. The molecule has 0 bridgehead atoms. The first kappa shape index (κ1) is 35.5. The largest absolute Gasteiger partial charge is 0.462 e. The van der Waals surface area contributed by atoms with Crippen molar-refractivity contribution in [3.05, 3.63) is 0 Å². The summed E-state index contributed by atoms with van der Waals surface area (Å²) < 4.78 is 6.08. The number of carbonyl (C=O) groups is 1. The normalized spacial score (nSPS) is 13.1. The van der Waals surface area contributed by atoms with Gasteiger partial charge in [-0.2, -0.15) is 0 Å². The van der Waals surface area contributed by atoms with E-state index >= 15 is 0 Å². The van der Waals surface area contributed by atoms with Crippen molar-refractivity contribution in [2.75, 3.05) is 0 Å². The van der Waals surface area contributed by atoms with Crippen LogP contribution in [0.2, 0.25) is 0 Å². The van der Waals surface area contributed by atoms with Crippen molar-refractivity contribution in [3.63, 3.8) is 0 Å². The Morgan fingerprint density at radius 1 is 0.500 bits per heavy atom. The fourth-order valence-corrected chi connectivity index (χ4v) is 5.44. The minimum absolute atomic E-state index is 0.0661. The molecule has 0 amide bonds. The van der Waals surface area contributed by atoms with Gasteiger partial charge < -0.3 is 4.74 Å². The first-order chi connectivity index (χ1) is 17.7.